The molecule has 192 valence electrons. The second kappa shape index (κ2) is 11.3. The summed E-state index contributed by atoms with van der Waals surface area (Å²) in [5.74, 6) is -3.59. The molecule has 13 heteroatoms. The van der Waals surface area contributed by atoms with Gasteiger partial charge in [-0.1, -0.05) is 30.3 Å². The van der Waals surface area contributed by atoms with Crippen molar-refractivity contribution in [3.05, 3.63) is 35.9 Å². The monoisotopic (exact) mass is 489 g/mol. The molecule has 3 rings (SSSR count). The molecule has 0 bridgehead atoms. The number of ether oxygens (including phenoxy) is 3. The third kappa shape index (κ3) is 5.90. The van der Waals surface area contributed by atoms with Crippen molar-refractivity contribution in [1.29, 1.82) is 0 Å². The topological polar surface area (TPSA) is 219 Å². The van der Waals surface area contributed by atoms with E-state index >= 15 is 0 Å². The van der Waals surface area contributed by atoms with Crippen molar-refractivity contribution >= 4 is 5.97 Å². The highest BCUT2D eigenvalue weighted by Crippen LogP contribution is 2.30. The van der Waals surface area contributed by atoms with Crippen molar-refractivity contribution in [3.63, 3.8) is 0 Å². The molecule has 0 aliphatic carbocycles. The molecule has 2 aliphatic heterocycles. The molecule has 34 heavy (non-hydrogen) atoms. The molecule has 0 amide bonds. The van der Waals surface area contributed by atoms with Gasteiger partial charge < -0.3 is 55.1 Å². The minimum absolute atomic E-state index is 0.0791. The van der Waals surface area contributed by atoms with Gasteiger partial charge >= 0.3 is 5.97 Å². The number of carboxylic acids is 1. The summed E-state index contributed by atoms with van der Waals surface area (Å²) in [5.41, 5.74) is 0.721. The van der Waals surface area contributed by atoms with Crippen molar-refractivity contribution in [2.45, 2.75) is 67.3 Å². The van der Waals surface area contributed by atoms with Gasteiger partial charge in [0, 0.05) is 0 Å². The first-order chi connectivity index (χ1) is 16.1. The fraction of sp³-hybridized carbons (Fsp3) is 0.667. The Morgan fingerprint density at radius 3 is 2.41 bits per heavy atom. The number of hydrogen-bond donors (Lipinski definition) is 9. The van der Waals surface area contributed by atoms with Crippen LogP contribution >= 0.6 is 0 Å². The molecule has 2 fully saturated rings. The number of hydrogen-bond acceptors (Lipinski definition) is 12. The third-order valence-electron chi connectivity index (χ3n) is 5.98. The Balaban J connectivity index is 1.68. The van der Waals surface area contributed by atoms with E-state index in [0.717, 1.165) is 5.56 Å². The van der Waals surface area contributed by atoms with Crippen molar-refractivity contribution in [2.24, 2.45) is 0 Å². The summed E-state index contributed by atoms with van der Waals surface area (Å²) in [6.45, 7) is -1.79. The van der Waals surface area contributed by atoms with Crippen LogP contribution in [0.4, 0.5) is 0 Å². The van der Waals surface area contributed by atoms with Gasteiger partial charge in [0.2, 0.25) is 5.79 Å². The van der Waals surface area contributed by atoms with Crippen LogP contribution in [0.25, 0.3) is 0 Å². The largest absolute Gasteiger partial charge is 0.480 e. The minimum Gasteiger partial charge on any atom is -0.480 e. The van der Waals surface area contributed by atoms with Crippen LogP contribution in [0.1, 0.15) is 5.56 Å². The van der Waals surface area contributed by atoms with Gasteiger partial charge in [0.1, 0.15) is 48.8 Å². The van der Waals surface area contributed by atoms with E-state index in [2.05, 4.69) is 5.32 Å². The van der Waals surface area contributed by atoms with Crippen molar-refractivity contribution in [3.8, 4) is 0 Å². The molecule has 2 aliphatic rings. The first-order valence-corrected chi connectivity index (χ1v) is 10.8. The molecule has 2 heterocycles. The second-order valence-electron chi connectivity index (χ2n) is 8.43. The van der Waals surface area contributed by atoms with Gasteiger partial charge in [0.25, 0.3) is 0 Å². The lowest BCUT2D eigenvalue weighted by atomic mass is 9.95. The summed E-state index contributed by atoms with van der Waals surface area (Å²) < 4.78 is 15.8. The van der Waals surface area contributed by atoms with Crippen LogP contribution in [0, 0.1) is 0 Å². The zero-order valence-electron chi connectivity index (χ0n) is 18.1. The molecule has 0 spiro atoms. The fourth-order valence-corrected chi connectivity index (χ4v) is 3.90. The van der Waals surface area contributed by atoms with Gasteiger partial charge in [-0.2, -0.15) is 0 Å². The molecule has 9 N–H and O–H groups in total. The zero-order chi connectivity index (χ0) is 25.0. The third-order valence-corrected chi connectivity index (χ3v) is 5.98. The lowest BCUT2D eigenvalue weighted by molar-refractivity contribution is -0.367. The number of nitrogens with one attached hydrogen (secondary N) is 1. The summed E-state index contributed by atoms with van der Waals surface area (Å²) >= 11 is 0. The standard InChI is InChI=1S/C21H31NO12/c23-7-13-14(25)15(26)16(27)20(33-13)34-17-12(24)8-32-21(31,18(17)28)9-22-11(19(29)30)6-10-4-2-1-3-5-10/h1-5,11-18,20,22-28,31H,6-9H2,(H,29,30)/t11-,12-,13-,14-,15+,16-,17-,18+,20-,21-/m1/s1. The van der Waals surface area contributed by atoms with E-state index in [1.54, 1.807) is 30.3 Å². The lowest BCUT2D eigenvalue weighted by Gasteiger charge is -2.47. The first-order valence-electron chi connectivity index (χ1n) is 10.8. The average molecular weight is 489 g/mol. The highest BCUT2D eigenvalue weighted by molar-refractivity contribution is 5.73. The Kier molecular flexibility index (Phi) is 8.94. The summed E-state index contributed by atoms with van der Waals surface area (Å²) in [4.78, 5) is 11.7. The second-order valence-corrected chi connectivity index (χ2v) is 8.43. The highest BCUT2D eigenvalue weighted by atomic mass is 16.7. The Morgan fingerprint density at radius 1 is 1.12 bits per heavy atom. The summed E-state index contributed by atoms with van der Waals surface area (Å²) in [7, 11) is 0. The average Bonchev–Trinajstić information content (AvgIpc) is 2.82. The van der Waals surface area contributed by atoms with Gasteiger partial charge in [-0.15, -0.1) is 0 Å². The van der Waals surface area contributed by atoms with Gasteiger partial charge in [-0.05, 0) is 12.0 Å². The Morgan fingerprint density at radius 2 is 1.79 bits per heavy atom. The van der Waals surface area contributed by atoms with Crippen LogP contribution in [0.5, 0.6) is 0 Å². The minimum atomic E-state index is -2.39. The summed E-state index contributed by atoms with van der Waals surface area (Å²) in [6, 6.07) is 7.61. The van der Waals surface area contributed by atoms with Gasteiger partial charge in [-0.3, -0.25) is 10.1 Å². The molecular weight excluding hydrogens is 458 g/mol. The van der Waals surface area contributed by atoms with Crippen LogP contribution in [0.3, 0.4) is 0 Å². The van der Waals surface area contributed by atoms with E-state index in [9.17, 15) is 45.6 Å². The van der Waals surface area contributed by atoms with Crippen LogP contribution in [-0.4, -0.2) is 127 Å². The van der Waals surface area contributed by atoms with E-state index in [0.29, 0.717) is 0 Å². The number of aliphatic hydroxyl groups is 7. The van der Waals surface area contributed by atoms with Crippen LogP contribution in [0.15, 0.2) is 30.3 Å². The van der Waals surface area contributed by atoms with Crippen LogP contribution in [-0.2, 0) is 25.4 Å². The molecule has 2 saturated heterocycles. The molecule has 10 atom stereocenters. The molecule has 13 nitrogen and oxygen atoms in total. The Hall–Kier alpha value is -1.75. The predicted molar refractivity (Wildman–Crippen MR) is 111 cm³/mol. The van der Waals surface area contributed by atoms with Crippen molar-refractivity contribution in [2.75, 3.05) is 19.8 Å². The zero-order valence-corrected chi connectivity index (χ0v) is 18.1. The highest BCUT2D eigenvalue weighted by Gasteiger charge is 2.53. The number of carboxylic acid groups (broad SMARTS) is 1. The molecule has 1 aromatic carbocycles. The van der Waals surface area contributed by atoms with Crippen molar-refractivity contribution in [1.82, 2.24) is 5.32 Å². The van der Waals surface area contributed by atoms with E-state index < -0.39 is 86.6 Å². The van der Waals surface area contributed by atoms with Gasteiger partial charge in [0.05, 0.1) is 19.8 Å². The Labute approximate surface area is 194 Å². The number of aliphatic carboxylic acids is 1. The predicted octanol–water partition coefficient (Wildman–Crippen LogP) is -4.10. The maximum Gasteiger partial charge on any atom is 0.321 e. The normalized spacial score (nSPS) is 39.5. The fourth-order valence-electron chi connectivity index (χ4n) is 3.90. The van der Waals surface area contributed by atoms with Gasteiger partial charge in [0.15, 0.2) is 6.29 Å². The van der Waals surface area contributed by atoms with E-state index in [-0.39, 0.29) is 6.42 Å². The molecular formula is C21H31NO12. The molecule has 0 unspecified atom stereocenters. The number of carbonyl (C=O) groups is 1. The molecule has 0 saturated carbocycles. The number of aliphatic hydroxyl groups excluding tert-OH is 6. The molecule has 1 aromatic rings. The summed E-state index contributed by atoms with van der Waals surface area (Å²) in [6.07, 6.45) is -13.1. The van der Waals surface area contributed by atoms with Crippen molar-refractivity contribution < 1.29 is 59.9 Å². The van der Waals surface area contributed by atoms with Gasteiger partial charge in [-0.25, -0.2) is 0 Å². The Bertz CT molecular complexity index is 797. The SMILES string of the molecule is O=C(O)[C@@H](Cc1ccccc1)NC[C@@]1(O)OC[C@@H](O)[C@@H](O[C@H]2O[C@H](CO)[C@@H](O)[C@H](O)[C@H]2O)[C@@H]1O. The first kappa shape index (κ1) is 26.8. The van der Waals surface area contributed by atoms with E-state index in [1.807, 2.05) is 0 Å². The molecule has 0 radical (unpaired) electrons. The van der Waals surface area contributed by atoms with E-state index in [1.165, 1.54) is 0 Å². The maximum atomic E-state index is 11.7. The van der Waals surface area contributed by atoms with Crippen LogP contribution in [0.2, 0.25) is 0 Å². The number of benzene rings is 1. The maximum absolute atomic E-state index is 11.7. The van der Waals surface area contributed by atoms with E-state index in [4.69, 9.17) is 14.2 Å². The van der Waals surface area contributed by atoms with Crippen LogP contribution < -0.4 is 5.32 Å². The quantitative estimate of drug-likeness (QED) is 0.161. The number of rotatable bonds is 9. The molecule has 0 aromatic heterocycles. The smallest absolute Gasteiger partial charge is 0.321 e. The summed E-state index contributed by atoms with van der Waals surface area (Å²) in [5, 5.41) is 83.2. The lowest BCUT2D eigenvalue weighted by Crippen LogP contribution is -2.68.